The number of nitrogens with zero attached hydrogens (tertiary/aromatic N) is 1. The van der Waals surface area contributed by atoms with Crippen LogP contribution in [-0.2, 0) is 0 Å². The van der Waals surface area contributed by atoms with E-state index >= 15 is 0 Å². The maximum Gasteiger partial charge on any atom is 0.0595 e. The highest BCUT2D eigenvalue weighted by Gasteiger charge is 2.18. The number of aliphatic hydroxyl groups excluding tert-OH is 1. The summed E-state index contributed by atoms with van der Waals surface area (Å²) in [6.45, 7) is 5.91. The summed E-state index contributed by atoms with van der Waals surface area (Å²) >= 11 is 3.38. The summed E-state index contributed by atoms with van der Waals surface area (Å²) in [4.78, 5) is 4.36. The Labute approximate surface area is 93.5 Å². The number of aliphatic hydroxyl groups is 1. The quantitative estimate of drug-likeness (QED) is 0.903. The molecular formula is C11H16BrNO. The average Bonchev–Trinajstić information content (AvgIpc) is 2.09. The lowest BCUT2D eigenvalue weighted by atomic mass is 9.93. The van der Waals surface area contributed by atoms with Crippen LogP contribution in [0.4, 0.5) is 0 Å². The van der Waals surface area contributed by atoms with Crippen molar-refractivity contribution in [2.45, 2.75) is 39.2 Å². The van der Waals surface area contributed by atoms with Gasteiger partial charge >= 0.3 is 0 Å². The smallest absolute Gasteiger partial charge is 0.0595 e. The third-order valence-corrected chi connectivity index (χ3v) is 2.89. The average molecular weight is 258 g/mol. The van der Waals surface area contributed by atoms with Crippen molar-refractivity contribution >= 4 is 15.9 Å². The van der Waals surface area contributed by atoms with Crippen LogP contribution in [0.3, 0.4) is 0 Å². The molecule has 0 aliphatic rings. The molecule has 0 aliphatic heterocycles. The molecule has 78 valence electrons. The monoisotopic (exact) mass is 257 g/mol. The topological polar surface area (TPSA) is 33.1 Å². The van der Waals surface area contributed by atoms with Crippen molar-refractivity contribution in [2.75, 3.05) is 0 Å². The Kier molecular flexibility index (Phi) is 4.08. The van der Waals surface area contributed by atoms with E-state index in [1.807, 2.05) is 19.9 Å². The van der Waals surface area contributed by atoms with Crippen LogP contribution in [0.25, 0.3) is 0 Å². The second-order valence-electron chi connectivity index (χ2n) is 3.61. The molecule has 1 N–H and O–H groups in total. The zero-order chi connectivity index (χ0) is 10.7. The molecular weight excluding hydrogens is 242 g/mol. The van der Waals surface area contributed by atoms with Crippen molar-refractivity contribution in [1.29, 1.82) is 0 Å². The minimum absolute atomic E-state index is 0.142. The Hall–Kier alpha value is -0.410. The molecule has 0 amide bonds. The Morgan fingerprint density at radius 1 is 1.57 bits per heavy atom. The fraction of sp³-hybridized carbons (Fsp3) is 0.545. The van der Waals surface area contributed by atoms with Gasteiger partial charge in [-0.2, -0.15) is 0 Å². The predicted octanol–water partition coefficient (Wildman–Crippen LogP) is 3.03. The molecule has 3 heteroatoms. The number of aryl methyl sites for hydroxylation is 1. The Bertz CT molecular complexity index is 312. The molecule has 2 unspecified atom stereocenters. The zero-order valence-corrected chi connectivity index (χ0v) is 10.4. The highest BCUT2D eigenvalue weighted by molar-refractivity contribution is 9.10. The maximum absolute atomic E-state index is 9.61. The molecule has 0 aromatic carbocycles. The number of hydrogen-bond donors (Lipinski definition) is 1. The fourth-order valence-corrected chi connectivity index (χ4v) is 2.15. The SMILES string of the molecule is CCC(c1ncc(Br)cc1C)C(C)O. The lowest BCUT2D eigenvalue weighted by molar-refractivity contribution is 0.157. The van der Waals surface area contributed by atoms with Crippen molar-refractivity contribution < 1.29 is 5.11 Å². The van der Waals surface area contributed by atoms with E-state index in [0.717, 1.165) is 22.2 Å². The van der Waals surface area contributed by atoms with E-state index in [0.29, 0.717) is 0 Å². The van der Waals surface area contributed by atoms with E-state index in [1.54, 1.807) is 6.20 Å². The number of aromatic nitrogens is 1. The van der Waals surface area contributed by atoms with Gasteiger partial charge in [0.05, 0.1) is 6.10 Å². The molecule has 0 bridgehead atoms. The standard InChI is InChI=1S/C11H16BrNO/c1-4-10(8(3)14)11-7(2)5-9(12)6-13-11/h5-6,8,10,14H,4H2,1-3H3. The third-order valence-electron chi connectivity index (χ3n) is 2.46. The minimum atomic E-state index is -0.340. The number of hydrogen-bond acceptors (Lipinski definition) is 2. The van der Waals surface area contributed by atoms with Gasteiger partial charge in [0.25, 0.3) is 0 Å². The fourth-order valence-electron chi connectivity index (χ4n) is 1.70. The molecule has 0 aliphatic carbocycles. The molecule has 1 rings (SSSR count). The molecule has 0 spiro atoms. The lowest BCUT2D eigenvalue weighted by Crippen LogP contribution is -2.16. The Morgan fingerprint density at radius 2 is 2.21 bits per heavy atom. The molecule has 14 heavy (non-hydrogen) atoms. The van der Waals surface area contributed by atoms with Crippen LogP contribution in [0.1, 0.15) is 37.4 Å². The van der Waals surface area contributed by atoms with Gasteiger partial charge in [-0.05, 0) is 47.8 Å². The summed E-state index contributed by atoms with van der Waals surface area (Å²) in [5.41, 5.74) is 2.14. The van der Waals surface area contributed by atoms with Crippen molar-refractivity contribution in [1.82, 2.24) is 4.98 Å². The van der Waals surface area contributed by atoms with Gasteiger partial charge in [-0.1, -0.05) is 6.92 Å². The number of rotatable bonds is 3. The molecule has 1 aromatic rings. The molecule has 2 atom stereocenters. The van der Waals surface area contributed by atoms with Crippen LogP contribution in [0.15, 0.2) is 16.7 Å². The largest absolute Gasteiger partial charge is 0.393 e. The van der Waals surface area contributed by atoms with Crippen LogP contribution in [0, 0.1) is 6.92 Å². The summed E-state index contributed by atoms with van der Waals surface area (Å²) in [6.07, 6.45) is 2.35. The van der Waals surface area contributed by atoms with Crippen LogP contribution < -0.4 is 0 Å². The first-order chi connectivity index (χ1) is 6.56. The molecule has 0 fully saturated rings. The van der Waals surface area contributed by atoms with E-state index < -0.39 is 0 Å². The molecule has 0 saturated heterocycles. The van der Waals surface area contributed by atoms with E-state index in [9.17, 15) is 5.11 Å². The van der Waals surface area contributed by atoms with E-state index in [1.165, 1.54) is 0 Å². The summed E-state index contributed by atoms with van der Waals surface area (Å²) in [5, 5.41) is 9.61. The molecule has 0 saturated carbocycles. The van der Waals surface area contributed by atoms with Gasteiger partial charge in [0.15, 0.2) is 0 Å². The summed E-state index contributed by atoms with van der Waals surface area (Å²) in [6, 6.07) is 2.04. The molecule has 1 aromatic heterocycles. The van der Waals surface area contributed by atoms with E-state index in [2.05, 4.69) is 27.8 Å². The van der Waals surface area contributed by atoms with Crippen LogP contribution in [0.5, 0.6) is 0 Å². The van der Waals surface area contributed by atoms with Crippen LogP contribution in [-0.4, -0.2) is 16.2 Å². The number of pyridine rings is 1. The summed E-state index contributed by atoms with van der Waals surface area (Å²) < 4.78 is 0.985. The highest BCUT2D eigenvalue weighted by Crippen LogP contribution is 2.25. The first-order valence-corrected chi connectivity index (χ1v) is 5.65. The molecule has 1 heterocycles. The van der Waals surface area contributed by atoms with Gasteiger partial charge in [-0.15, -0.1) is 0 Å². The second-order valence-corrected chi connectivity index (χ2v) is 4.53. The van der Waals surface area contributed by atoms with Crippen LogP contribution in [0.2, 0.25) is 0 Å². The minimum Gasteiger partial charge on any atom is -0.393 e. The van der Waals surface area contributed by atoms with Crippen molar-refractivity contribution in [3.8, 4) is 0 Å². The lowest BCUT2D eigenvalue weighted by Gasteiger charge is -2.19. The highest BCUT2D eigenvalue weighted by atomic mass is 79.9. The van der Waals surface area contributed by atoms with E-state index in [4.69, 9.17) is 0 Å². The van der Waals surface area contributed by atoms with Gasteiger partial charge in [-0.25, -0.2) is 0 Å². The number of halogens is 1. The van der Waals surface area contributed by atoms with Gasteiger partial charge in [0.2, 0.25) is 0 Å². The van der Waals surface area contributed by atoms with Gasteiger partial charge in [0, 0.05) is 22.3 Å². The molecule has 0 radical (unpaired) electrons. The Balaban J connectivity index is 3.04. The van der Waals surface area contributed by atoms with E-state index in [-0.39, 0.29) is 12.0 Å². The normalized spacial score (nSPS) is 15.2. The predicted molar refractivity (Wildman–Crippen MR) is 61.4 cm³/mol. The Morgan fingerprint density at radius 3 is 2.64 bits per heavy atom. The van der Waals surface area contributed by atoms with Gasteiger partial charge in [0.1, 0.15) is 0 Å². The van der Waals surface area contributed by atoms with Gasteiger partial charge < -0.3 is 5.11 Å². The first-order valence-electron chi connectivity index (χ1n) is 4.86. The maximum atomic E-state index is 9.61. The summed E-state index contributed by atoms with van der Waals surface area (Å²) in [7, 11) is 0. The van der Waals surface area contributed by atoms with Crippen molar-refractivity contribution in [3.05, 3.63) is 28.0 Å². The van der Waals surface area contributed by atoms with Crippen molar-refractivity contribution in [3.63, 3.8) is 0 Å². The summed E-state index contributed by atoms with van der Waals surface area (Å²) in [5.74, 6) is 0.142. The zero-order valence-electron chi connectivity index (χ0n) is 8.79. The van der Waals surface area contributed by atoms with Gasteiger partial charge in [-0.3, -0.25) is 4.98 Å². The second kappa shape index (κ2) is 4.89. The van der Waals surface area contributed by atoms with Crippen molar-refractivity contribution in [2.24, 2.45) is 0 Å². The first kappa shape index (κ1) is 11.7. The third kappa shape index (κ3) is 2.55. The molecule has 2 nitrogen and oxygen atoms in total. The van der Waals surface area contributed by atoms with Crippen LogP contribution >= 0.6 is 15.9 Å².